The van der Waals surface area contributed by atoms with Crippen LogP contribution in [0.15, 0.2) is 36.1 Å². The van der Waals surface area contributed by atoms with E-state index in [9.17, 15) is 4.39 Å². The summed E-state index contributed by atoms with van der Waals surface area (Å²) in [6, 6.07) is 4.67. The lowest BCUT2D eigenvalue weighted by Crippen LogP contribution is -2.41. The predicted molar refractivity (Wildman–Crippen MR) is 116 cm³/mol. The van der Waals surface area contributed by atoms with Gasteiger partial charge in [-0.05, 0) is 73.4 Å². The molecule has 2 aliphatic rings. The summed E-state index contributed by atoms with van der Waals surface area (Å²) in [6.07, 6.45) is 4.60. The Hall–Kier alpha value is -2.64. The van der Waals surface area contributed by atoms with Gasteiger partial charge in [0.2, 0.25) is 0 Å². The molecule has 0 N–H and O–H groups in total. The van der Waals surface area contributed by atoms with Crippen molar-refractivity contribution in [1.82, 2.24) is 0 Å². The fraction of sp³-hybridized carbons (Fsp3) is 0.462. The summed E-state index contributed by atoms with van der Waals surface area (Å²) in [5.74, 6) is -13.4. The van der Waals surface area contributed by atoms with E-state index in [0.717, 1.165) is 30.5 Å². The van der Waals surface area contributed by atoms with E-state index in [4.69, 9.17) is 9.47 Å². The van der Waals surface area contributed by atoms with Gasteiger partial charge in [-0.1, -0.05) is 25.5 Å². The maximum Gasteiger partial charge on any atom is 0.343 e. The molecule has 2 aromatic carbocycles. The van der Waals surface area contributed by atoms with Gasteiger partial charge in [-0.3, -0.25) is 0 Å². The first-order valence-corrected chi connectivity index (χ1v) is 11.4. The summed E-state index contributed by atoms with van der Waals surface area (Å²) >= 11 is 0. The van der Waals surface area contributed by atoms with Gasteiger partial charge in [0.25, 0.3) is 0 Å². The van der Waals surface area contributed by atoms with Crippen molar-refractivity contribution in [3.63, 3.8) is 0 Å². The third-order valence-electron chi connectivity index (χ3n) is 6.45. The molecule has 0 fully saturated rings. The molecule has 2 aromatic rings. The summed E-state index contributed by atoms with van der Waals surface area (Å²) in [6.45, 7) is 3.84. The number of rotatable bonds is 7. The third kappa shape index (κ3) is 4.05. The third-order valence-corrected chi connectivity index (χ3v) is 6.45. The predicted octanol–water partition coefficient (Wildman–Crippen LogP) is 8.02. The molecule has 0 radical (unpaired) electrons. The Morgan fingerprint density at radius 1 is 0.971 bits per heavy atom. The van der Waals surface area contributed by atoms with Crippen molar-refractivity contribution >= 4 is 0 Å². The van der Waals surface area contributed by atoms with E-state index in [1.807, 2.05) is 13.8 Å². The van der Waals surface area contributed by atoms with Crippen molar-refractivity contribution in [3.8, 4) is 16.9 Å². The summed E-state index contributed by atoms with van der Waals surface area (Å²) < 4.78 is 101. The molecule has 0 amide bonds. The molecular weight excluding hydrogens is 458 g/mol. The van der Waals surface area contributed by atoms with Crippen molar-refractivity contribution in [2.75, 3.05) is 6.61 Å². The van der Waals surface area contributed by atoms with Crippen LogP contribution in [-0.2, 0) is 23.0 Å². The van der Waals surface area contributed by atoms with E-state index in [1.54, 1.807) is 6.26 Å². The van der Waals surface area contributed by atoms with Gasteiger partial charge in [0.15, 0.2) is 11.6 Å². The number of unbranched alkanes of at least 4 members (excludes halogenated alkanes) is 1. The number of hydrogen-bond donors (Lipinski definition) is 0. The lowest BCUT2D eigenvalue weighted by atomic mass is 9.78. The number of aryl methyl sites for hydroxylation is 1. The molecule has 1 unspecified atom stereocenters. The van der Waals surface area contributed by atoms with Crippen molar-refractivity contribution in [2.45, 2.75) is 70.3 Å². The van der Waals surface area contributed by atoms with Crippen molar-refractivity contribution in [3.05, 3.63) is 64.4 Å². The Morgan fingerprint density at radius 3 is 2.24 bits per heavy atom. The molecule has 1 heterocycles. The second-order valence-electron chi connectivity index (χ2n) is 8.91. The SMILES string of the molecule is CCCCOc1ccc2c(c1F)C(F)(F)C(F)(F)c1c-2ccc(CCC2CCC(C)=CO2)c1F. The van der Waals surface area contributed by atoms with E-state index in [2.05, 4.69) is 0 Å². The van der Waals surface area contributed by atoms with Crippen LogP contribution >= 0.6 is 0 Å². The molecule has 34 heavy (non-hydrogen) atoms. The molecule has 0 aromatic heterocycles. The largest absolute Gasteiger partial charge is 0.498 e. The minimum absolute atomic E-state index is 0.0454. The van der Waals surface area contributed by atoms with Gasteiger partial charge < -0.3 is 9.47 Å². The number of allylic oxidation sites excluding steroid dienone is 1. The van der Waals surface area contributed by atoms with Crippen molar-refractivity contribution in [2.24, 2.45) is 0 Å². The van der Waals surface area contributed by atoms with Crippen LogP contribution in [0.1, 0.15) is 62.6 Å². The maximum atomic E-state index is 15.3. The normalized spacial score (nSPS) is 20.1. The van der Waals surface area contributed by atoms with Crippen LogP contribution in [0.5, 0.6) is 5.75 Å². The first-order chi connectivity index (χ1) is 16.1. The molecule has 4 rings (SSSR count). The van der Waals surface area contributed by atoms with Gasteiger partial charge in [-0.15, -0.1) is 0 Å². The van der Waals surface area contributed by atoms with Gasteiger partial charge in [0.05, 0.1) is 30.1 Å². The van der Waals surface area contributed by atoms with Gasteiger partial charge in [-0.2, -0.15) is 17.6 Å². The number of fused-ring (bicyclic) bond motifs is 3. The average molecular weight is 484 g/mol. The molecular formula is C26H26F6O2. The molecule has 2 nitrogen and oxygen atoms in total. The number of alkyl halides is 4. The van der Waals surface area contributed by atoms with Crippen LogP contribution in [0.2, 0.25) is 0 Å². The zero-order valence-corrected chi connectivity index (χ0v) is 19.0. The lowest BCUT2D eigenvalue weighted by Gasteiger charge is -2.36. The van der Waals surface area contributed by atoms with Crippen LogP contribution in [0.3, 0.4) is 0 Å². The highest BCUT2D eigenvalue weighted by Gasteiger charge is 2.65. The molecule has 8 heteroatoms. The fourth-order valence-electron chi connectivity index (χ4n) is 4.44. The van der Waals surface area contributed by atoms with Gasteiger partial charge in [0, 0.05) is 0 Å². The molecule has 0 saturated carbocycles. The standard InChI is InChI=1S/C26H26F6O2/c1-3-4-13-33-20-12-11-19-18-10-7-16(6-9-17-8-5-15(2)14-34-17)23(27)21(18)25(29,30)26(31,32)22(19)24(20)28/h7,10-12,14,17H,3-6,8-9,13H2,1-2H3. The van der Waals surface area contributed by atoms with Crippen LogP contribution in [0.25, 0.3) is 11.1 Å². The van der Waals surface area contributed by atoms with Crippen LogP contribution in [0, 0.1) is 11.6 Å². The minimum atomic E-state index is -4.96. The molecule has 1 atom stereocenters. The van der Waals surface area contributed by atoms with Crippen molar-refractivity contribution in [1.29, 1.82) is 0 Å². The number of benzene rings is 2. The second-order valence-corrected chi connectivity index (χ2v) is 8.91. The van der Waals surface area contributed by atoms with Crippen molar-refractivity contribution < 1.29 is 35.8 Å². The van der Waals surface area contributed by atoms with Crippen LogP contribution in [0.4, 0.5) is 26.3 Å². The zero-order valence-electron chi connectivity index (χ0n) is 19.0. The van der Waals surface area contributed by atoms with E-state index in [0.29, 0.717) is 19.3 Å². The maximum absolute atomic E-state index is 15.3. The molecule has 1 aliphatic heterocycles. The number of ether oxygens (including phenoxy) is 2. The number of hydrogen-bond acceptors (Lipinski definition) is 2. The molecule has 0 spiro atoms. The summed E-state index contributed by atoms with van der Waals surface area (Å²) in [4.78, 5) is 0. The molecule has 1 aliphatic carbocycles. The Balaban J connectivity index is 1.73. The summed E-state index contributed by atoms with van der Waals surface area (Å²) in [7, 11) is 0. The molecule has 184 valence electrons. The summed E-state index contributed by atoms with van der Waals surface area (Å²) in [5, 5.41) is 0. The zero-order chi connectivity index (χ0) is 24.7. The van der Waals surface area contributed by atoms with E-state index in [1.165, 1.54) is 12.1 Å². The monoisotopic (exact) mass is 484 g/mol. The summed E-state index contributed by atoms with van der Waals surface area (Å²) in [5.41, 5.74) is -2.81. The lowest BCUT2D eigenvalue weighted by molar-refractivity contribution is -0.228. The first kappa shape index (κ1) is 24.5. The highest BCUT2D eigenvalue weighted by Crippen LogP contribution is 2.60. The van der Waals surface area contributed by atoms with Crippen LogP contribution < -0.4 is 4.74 Å². The van der Waals surface area contributed by atoms with Gasteiger partial charge >= 0.3 is 11.8 Å². The second kappa shape index (κ2) is 9.19. The highest BCUT2D eigenvalue weighted by atomic mass is 19.3. The number of halogens is 6. The Bertz CT molecular complexity index is 1110. The topological polar surface area (TPSA) is 18.5 Å². The van der Waals surface area contributed by atoms with E-state index >= 15 is 22.0 Å². The Labute approximate surface area is 194 Å². The average Bonchev–Trinajstić information content (AvgIpc) is 2.79. The molecule has 0 bridgehead atoms. The minimum Gasteiger partial charge on any atom is -0.498 e. The smallest absolute Gasteiger partial charge is 0.343 e. The quantitative estimate of drug-likeness (QED) is 0.293. The Morgan fingerprint density at radius 2 is 1.62 bits per heavy atom. The van der Waals surface area contributed by atoms with Crippen LogP contribution in [-0.4, -0.2) is 12.7 Å². The van der Waals surface area contributed by atoms with Gasteiger partial charge in [-0.25, -0.2) is 8.78 Å². The molecule has 0 saturated heterocycles. The Kier molecular flexibility index (Phi) is 6.62. The highest BCUT2D eigenvalue weighted by molar-refractivity contribution is 5.77. The fourth-order valence-corrected chi connectivity index (χ4v) is 4.44. The van der Waals surface area contributed by atoms with Gasteiger partial charge in [0.1, 0.15) is 5.82 Å². The first-order valence-electron chi connectivity index (χ1n) is 11.4. The van der Waals surface area contributed by atoms with E-state index in [-0.39, 0.29) is 24.7 Å². The van der Waals surface area contributed by atoms with E-state index < -0.39 is 51.5 Å².